The number of aliphatic hydroxyl groups is 3. The summed E-state index contributed by atoms with van der Waals surface area (Å²) in [4.78, 5) is 94.0. The van der Waals surface area contributed by atoms with Gasteiger partial charge in [0.05, 0.1) is 23.0 Å². The number of Topliss-reactive ketones (excluding diaryl/α,β-unsaturated/α-hetero) is 1. The Balaban J connectivity index is 1.19. The largest absolute Gasteiger partial charge is 0.460 e. The van der Waals surface area contributed by atoms with Gasteiger partial charge < -0.3 is 43.7 Å². The molecule has 302 valence electrons. The van der Waals surface area contributed by atoms with Gasteiger partial charge in [0.15, 0.2) is 5.60 Å². The number of rotatable bonds is 1. The molecule has 1 spiro atoms. The molecule has 10 rings (SSSR count). The second-order valence-corrected chi connectivity index (χ2v) is 18.1. The van der Waals surface area contributed by atoms with E-state index in [9.17, 15) is 48.9 Å². The van der Waals surface area contributed by atoms with Crippen molar-refractivity contribution >= 4 is 41.6 Å². The van der Waals surface area contributed by atoms with E-state index in [-0.39, 0.29) is 63.7 Å². The highest BCUT2D eigenvalue weighted by Crippen LogP contribution is 2.84. The molecule has 3 N–H and O–H groups in total. The zero-order valence-electron chi connectivity index (χ0n) is 31.9. The fraction of sp³-hybridized carbons (Fsp3) is 0.634. The highest BCUT2D eigenvalue weighted by molar-refractivity contribution is 6.10. The molecule has 3 heterocycles. The molecule has 16 nitrogen and oxygen atoms in total. The van der Waals surface area contributed by atoms with E-state index < -0.39 is 131 Å². The van der Waals surface area contributed by atoms with Gasteiger partial charge in [-0.1, -0.05) is 6.92 Å². The maximum atomic E-state index is 14.6. The first-order valence-electron chi connectivity index (χ1n) is 19.4. The summed E-state index contributed by atoms with van der Waals surface area (Å²) in [5.41, 5.74) is -7.21. The number of hydrogen-bond acceptors (Lipinski definition) is 16. The number of carbonyl (C=O) groups excluding carboxylic acids is 7. The van der Waals surface area contributed by atoms with Crippen LogP contribution in [0.25, 0.3) is 0 Å². The average molecular weight is 791 g/mol. The van der Waals surface area contributed by atoms with Crippen LogP contribution in [0.1, 0.15) is 66.7 Å². The lowest BCUT2D eigenvalue weighted by atomic mass is 9.42. The lowest BCUT2D eigenvalue weighted by molar-refractivity contribution is -0.202. The monoisotopic (exact) mass is 790 g/mol. The highest BCUT2D eigenvalue weighted by atomic mass is 16.7. The Kier molecular flexibility index (Phi) is 7.00. The summed E-state index contributed by atoms with van der Waals surface area (Å²) in [6.45, 7) is 5.93. The van der Waals surface area contributed by atoms with Crippen molar-refractivity contribution in [3.05, 3.63) is 45.1 Å². The predicted octanol–water partition coefficient (Wildman–Crippen LogP) is 0.745. The number of ketones is 1. The van der Waals surface area contributed by atoms with Crippen molar-refractivity contribution in [1.82, 2.24) is 0 Å². The van der Waals surface area contributed by atoms with Crippen LogP contribution >= 0.6 is 0 Å². The molecule has 0 aromatic carbocycles. The number of fused-ring (bicyclic) bond motifs is 9. The van der Waals surface area contributed by atoms with E-state index in [1.54, 1.807) is 6.92 Å². The molecular formula is C41H42O16. The molecule has 57 heavy (non-hydrogen) atoms. The Labute approximate surface area is 325 Å². The number of esters is 6. The molecule has 10 aliphatic rings. The highest BCUT2D eigenvalue weighted by Gasteiger charge is 2.88. The summed E-state index contributed by atoms with van der Waals surface area (Å²) in [7, 11) is 0. The number of cyclic esters (lactones) is 3. The Morgan fingerprint density at radius 2 is 1.54 bits per heavy atom. The zero-order valence-corrected chi connectivity index (χ0v) is 31.9. The number of carbonyl (C=O) groups is 7. The fourth-order valence-electron chi connectivity index (χ4n) is 13.2. The van der Waals surface area contributed by atoms with Crippen LogP contribution in [-0.4, -0.2) is 105 Å². The molecular weight excluding hydrogens is 748 g/mol. The van der Waals surface area contributed by atoms with E-state index in [1.807, 2.05) is 6.92 Å². The van der Waals surface area contributed by atoms with Crippen molar-refractivity contribution in [1.29, 1.82) is 0 Å². The van der Waals surface area contributed by atoms with E-state index in [1.165, 1.54) is 19.9 Å². The van der Waals surface area contributed by atoms with E-state index in [2.05, 4.69) is 0 Å². The lowest BCUT2D eigenvalue weighted by Gasteiger charge is -2.63. The third kappa shape index (κ3) is 4.16. The summed E-state index contributed by atoms with van der Waals surface area (Å²) in [6, 6.07) is 0. The van der Waals surface area contributed by atoms with Crippen LogP contribution in [-0.2, 0) is 62.0 Å². The minimum atomic E-state index is -2.75. The first-order valence-corrected chi connectivity index (χ1v) is 19.4. The molecule has 2 bridgehead atoms. The van der Waals surface area contributed by atoms with Crippen LogP contribution in [0.4, 0.5) is 0 Å². The van der Waals surface area contributed by atoms with Crippen LogP contribution in [0.15, 0.2) is 45.1 Å². The van der Waals surface area contributed by atoms with Gasteiger partial charge in [-0.2, -0.15) is 0 Å². The number of hydrogen-bond donors (Lipinski definition) is 3. The summed E-state index contributed by atoms with van der Waals surface area (Å²) >= 11 is 0. The summed E-state index contributed by atoms with van der Waals surface area (Å²) < 4.78 is 33.8. The van der Waals surface area contributed by atoms with Gasteiger partial charge >= 0.3 is 35.8 Å². The molecule has 0 unspecified atom stereocenters. The fourth-order valence-corrected chi connectivity index (χ4v) is 13.2. The Morgan fingerprint density at radius 1 is 0.825 bits per heavy atom. The molecule has 13 atom stereocenters. The van der Waals surface area contributed by atoms with Crippen LogP contribution < -0.4 is 0 Å². The molecule has 7 aliphatic carbocycles. The van der Waals surface area contributed by atoms with Gasteiger partial charge in [0.25, 0.3) is 5.79 Å². The van der Waals surface area contributed by atoms with Crippen molar-refractivity contribution in [2.24, 2.45) is 46.3 Å². The Morgan fingerprint density at radius 3 is 2.26 bits per heavy atom. The van der Waals surface area contributed by atoms with Gasteiger partial charge in [0.2, 0.25) is 11.9 Å². The third-order valence-electron chi connectivity index (χ3n) is 15.7. The van der Waals surface area contributed by atoms with Gasteiger partial charge in [-0.25, -0.2) is 19.2 Å². The molecule has 0 amide bonds. The van der Waals surface area contributed by atoms with Crippen LogP contribution in [0.3, 0.4) is 0 Å². The first-order chi connectivity index (χ1) is 26.7. The van der Waals surface area contributed by atoms with Crippen molar-refractivity contribution in [3.63, 3.8) is 0 Å². The Hall–Kier alpha value is -4.67. The summed E-state index contributed by atoms with van der Waals surface area (Å²) in [5.74, 6) is -12.1. The maximum Gasteiger partial charge on any atom is 0.348 e. The molecule has 3 aliphatic heterocycles. The minimum absolute atomic E-state index is 0.000607. The van der Waals surface area contributed by atoms with Crippen molar-refractivity contribution in [3.8, 4) is 0 Å². The maximum absolute atomic E-state index is 14.6. The second kappa shape index (κ2) is 10.9. The molecule has 5 saturated carbocycles. The van der Waals surface area contributed by atoms with Crippen LogP contribution in [0, 0.1) is 46.3 Å². The molecule has 5 fully saturated rings. The van der Waals surface area contributed by atoms with Crippen LogP contribution in [0.5, 0.6) is 0 Å². The normalized spacial score (nSPS) is 48.8. The topological polar surface area (TPSA) is 236 Å². The van der Waals surface area contributed by atoms with Crippen LogP contribution in [0.2, 0.25) is 0 Å². The summed E-state index contributed by atoms with van der Waals surface area (Å²) in [6.07, 6.45) is -0.309. The van der Waals surface area contributed by atoms with E-state index in [0.717, 1.165) is 6.92 Å². The molecule has 0 saturated heterocycles. The Bertz CT molecular complexity index is 2230. The van der Waals surface area contributed by atoms with E-state index in [4.69, 9.17) is 28.4 Å². The standard InChI is InChI=1S/C41H42O16/c1-15-6-7-52-34(47)24(55-17(3)42)11-27(43)53-13-18-19-10-25-36(4,20-8-23(20)39(25,50)14-54-31(15)44)26-12-38(49)22-9-21(22)37(5)30(38)29(40(19,26)56-33(18)46)28-16(2)32(45)57-41(28,51)35(37)48/h6,20-26,49-51H,7-14H2,1-5H3/b15-6-/t20-,21-,22+,23+,24+,25-,26+,36+,37+,38+,39+,40+,41+/m1/s1. The first kappa shape index (κ1) is 36.7. The molecule has 0 radical (unpaired) electrons. The van der Waals surface area contributed by atoms with Crippen molar-refractivity contribution in [2.75, 3.05) is 19.8 Å². The molecule has 0 aromatic rings. The lowest BCUT2D eigenvalue weighted by Crippen LogP contribution is -2.68. The van der Waals surface area contributed by atoms with Gasteiger partial charge in [0, 0.05) is 41.1 Å². The smallest absolute Gasteiger partial charge is 0.348 e. The average Bonchev–Trinajstić information content (AvgIpc) is 4.05. The van der Waals surface area contributed by atoms with Gasteiger partial charge in [-0.05, 0) is 92.8 Å². The summed E-state index contributed by atoms with van der Waals surface area (Å²) in [5, 5.41) is 38.2. The third-order valence-corrected chi connectivity index (χ3v) is 15.7. The number of ether oxygens (including phenoxy) is 6. The predicted molar refractivity (Wildman–Crippen MR) is 184 cm³/mol. The van der Waals surface area contributed by atoms with E-state index >= 15 is 0 Å². The van der Waals surface area contributed by atoms with Crippen molar-refractivity contribution in [2.45, 2.75) is 95.4 Å². The second-order valence-electron chi connectivity index (χ2n) is 18.1. The van der Waals surface area contributed by atoms with Gasteiger partial charge in [-0.3, -0.25) is 14.4 Å². The van der Waals surface area contributed by atoms with E-state index in [0.29, 0.717) is 12.8 Å². The molecule has 16 heteroatoms. The van der Waals surface area contributed by atoms with Gasteiger partial charge in [-0.15, -0.1) is 0 Å². The molecule has 0 aromatic heterocycles. The minimum Gasteiger partial charge on any atom is -0.460 e. The zero-order chi connectivity index (χ0) is 40.7. The SMILES string of the molecule is CC(=O)O[C@H]1CC(=O)OCC2=C3C[C@H]4[C@](O)(COC(=O)/C(C)=C\COC1=O)[C@H]1C[C@H]1[C@]4(C)[C@@H]1C[C@@]4(O)C5=C(C6=C(C)C(=O)O[C@]6(O)C(=O)[C@@]5(C)[C@@H]5C[C@@H]54)[C@]31OC2=O. The van der Waals surface area contributed by atoms with Crippen molar-refractivity contribution < 1.29 is 77.3 Å². The van der Waals surface area contributed by atoms with Gasteiger partial charge in [0.1, 0.15) is 25.4 Å². The quantitative estimate of drug-likeness (QED) is 0.245.